The number of aromatic nitrogens is 2. The highest BCUT2D eigenvalue weighted by Gasteiger charge is 2.16. The van der Waals surface area contributed by atoms with Crippen LogP contribution in [0.5, 0.6) is 11.5 Å². The number of hydrogen-bond donors (Lipinski definition) is 3. The Balaban J connectivity index is 1.90. The molecule has 0 spiro atoms. The minimum atomic E-state index is -0.164. The van der Waals surface area contributed by atoms with Gasteiger partial charge in [0.2, 0.25) is 0 Å². The van der Waals surface area contributed by atoms with Crippen molar-refractivity contribution in [3.05, 3.63) is 66.0 Å². The predicted molar refractivity (Wildman–Crippen MR) is 96.1 cm³/mol. The van der Waals surface area contributed by atoms with E-state index in [0.717, 1.165) is 21.8 Å². The van der Waals surface area contributed by atoms with Crippen LogP contribution in [0, 0.1) is 0 Å². The number of nitrogens with zero attached hydrogens (tertiary/aromatic N) is 1. The minimum absolute atomic E-state index is 0.146. The fraction of sp³-hybridized carbons (Fsp3) is 0. The zero-order valence-electron chi connectivity index (χ0n) is 12.6. The summed E-state index contributed by atoms with van der Waals surface area (Å²) < 4.78 is 0. The maximum Gasteiger partial charge on any atom is 0.158 e. The Hall–Kier alpha value is -3.05. The maximum absolute atomic E-state index is 9.75. The normalized spacial score (nSPS) is 10.8. The van der Waals surface area contributed by atoms with Gasteiger partial charge in [-0.05, 0) is 29.6 Å². The summed E-state index contributed by atoms with van der Waals surface area (Å²) in [6.07, 6.45) is 0. The number of nitrogens with one attached hydrogen (secondary N) is 1. The average molecular weight is 334 g/mol. The highest BCUT2D eigenvalue weighted by molar-refractivity contribution is 7.13. The summed E-state index contributed by atoms with van der Waals surface area (Å²) in [4.78, 5) is 9.18. The molecular weight excluding hydrogens is 320 g/mol. The van der Waals surface area contributed by atoms with E-state index < -0.39 is 0 Å². The molecule has 4 nitrogen and oxygen atoms in total. The molecule has 2 aromatic carbocycles. The zero-order valence-corrected chi connectivity index (χ0v) is 13.4. The second-order valence-corrected chi connectivity index (χ2v) is 6.30. The van der Waals surface area contributed by atoms with Crippen molar-refractivity contribution in [2.45, 2.75) is 0 Å². The molecule has 0 fully saturated rings. The van der Waals surface area contributed by atoms with E-state index in [0.29, 0.717) is 11.4 Å². The van der Waals surface area contributed by atoms with E-state index in [-0.39, 0.29) is 11.5 Å². The smallest absolute Gasteiger partial charge is 0.158 e. The molecule has 0 bridgehead atoms. The largest absolute Gasteiger partial charge is 0.504 e. The van der Waals surface area contributed by atoms with E-state index in [1.54, 1.807) is 17.4 Å². The number of imidazole rings is 1. The molecule has 4 aromatic rings. The van der Waals surface area contributed by atoms with Crippen molar-refractivity contribution in [3.63, 3.8) is 0 Å². The maximum atomic E-state index is 9.75. The molecular formula is C19H14N2O2S. The summed E-state index contributed by atoms with van der Waals surface area (Å²) in [5, 5.41) is 21.3. The standard InChI is InChI=1S/C19H14N2O2S/c22-14-9-8-13(11-15(14)23)19-20-17(12-5-2-1-3-6-12)18(21-19)16-7-4-10-24-16/h1-11,22-23H,(H,20,21). The lowest BCUT2D eigenvalue weighted by molar-refractivity contribution is 0.404. The minimum Gasteiger partial charge on any atom is -0.504 e. The van der Waals surface area contributed by atoms with Gasteiger partial charge in [-0.25, -0.2) is 4.98 Å². The lowest BCUT2D eigenvalue weighted by atomic mass is 10.1. The second-order valence-electron chi connectivity index (χ2n) is 5.36. The lowest BCUT2D eigenvalue weighted by Crippen LogP contribution is -1.81. The molecule has 0 amide bonds. The van der Waals surface area contributed by atoms with Crippen LogP contribution >= 0.6 is 11.3 Å². The van der Waals surface area contributed by atoms with Crippen molar-refractivity contribution in [1.29, 1.82) is 0 Å². The van der Waals surface area contributed by atoms with E-state index in [9.17, 15) is 10.2 Å². The number of aromatic amines is 1. The third kappa shape index (κ3) is 2.55. The number of hydrogen-bond acceptors (Lipinski definition) is 4. The number of phenols is 2. The van der Waals surface area contributed by atoms with Gasteiger partial charge < -0.3 is 15.2 Å². The van der Waals surface area contributed by atoms with E-state index >= 15 is 0 Å². The first-order valence-corrected chi connectivity index (χ1v) is 8.32. The predicted octanol–water partition coefficient (Wildman–Crippen LogP) is 4.88. The molecule has 4 rings (SSSR count). The van der Waals surface area contributed by atoms with E-state index in [2.05, 4.69) is 4.98 Å². The Morgan fingerprint density at radius 1 is 0.833 bits per heavy atom. The summed E-state index contributed by atoms with van der Waals surface area (Å²) in [6, 6.07) is 18.7. The van der Waals surface area contributed by atoms with Gasteiger partial charge >= 0.3 is 0 Å². The van der Waals surface area contributed by atoms with Crippen LogP contribution in [0.1, 0.15) is 0 Å². The summed E-state index contributed by atoms with van der Waals surface area (Å²) in [5.41, 5.74) is 3.54. The Bertz CT molecular complexity index is 976. The van der Waals surface area contributed by atoms with Gasteiger partial charge in [0, 0.05) is 11.1 Å². The van der Waals surface area contributed by atoms with Crippen molar-refractivity contribution in [2.24, 2.45) is 0 Å². The number of phenolic OH excluding ortho intramolecular Hbond substituents is 2. The molecule has 118 valence electrons. The number of benzene rings is 2. The van der Waals surface area contributed by atoms with Gasteiger partial charge in [0.05, 0.1) is 16.3 Å². The van der Waals surface area contributed by atoms with Crippen LogP contribution in [0.4, 0.5) is 0 Å². The highest BCUT2D eigenvalue weighted by atomic mass is 32.1. The number of H-pyrrole nitrogens is 1. The third-order valence-corrected chi connectivity index (χ3v) is 4.65. The van der Waals surface area contributed by atoms with Gasteiger partial charge in [-0.3, -0.25) is 0 Å². The fourth-order valence-electron chi connectivity index (χ4n) is 2.58. The topological polar surface area (TPSA) is 69.1 Å². The molecule has 3 N–H and O–H groups in total. The van der Waals surface area contributed by atoms with E-state index in [1.807, 2.05) is 47.8 Å². The zero-order chi connectivity index (χ0) is 16.5. The van der Waals surface area contributed by atoms with E-state index in [1.165, 1.54) is 12.1 Å². The van der Waals surface area contributed by atoms with Crippen molar-refractivity contribution in [1.82, 2.24) is 9.97 Å². The molecule has 0 aliphatic rings. The first-order chi connectivity index (χ1) is 11.7. The summed E-state index contributed by atoms with van der Waals surface area (Å²) in [7, 11) is 0. The summed E-state index contributed by atoms with van der Waals surface area (Å²) in [6.45, 7) is 0. The van der Waals surface area contributed by atoms with Crippen molar-refractivity contribution in [2.75, 3.05) is 0 Å². The molecule has 2 heterocycles. The first kappa shape index (κ1) is 14.5. The SMILES string of the molecule is Oc1ccc(-c2nc(-c3ccccc3)c(-c3cccs3)[nH]2)cc1O. The van der Waals surface area contributed by atoms with Crippen LogP contribution < -0.4 is 0 Å². The quantitative estimate of drug-likeness (QED) is 0.468. The van der Waals surface area contributed by atoms with Crippen molar-refractivity contribution < 1.29 is 10.2 Å². The molecule has 0 unspecified atom stereocenters. The van der Waals surface area contributed by atoms with Crippen molar-refractivity contribution in [3.8, 4) is 44.7 Å². The summed E-state index contributed by atoms with van der Waals surface area (Å²) >= 11 is 1.64. The molecule has 0 radical (unpaired) electrons. The van der Waals surface area contributed by atoms with Crippen LogP contribution in [-0.2, 0) is 0 Å². The monoisotopic (exact) mass is 334 g/mol. The lowest BCUT2D eigenvalue weighted by Gasteiger charge is -2.00. The van der Waals surface area contributed by atoms with Crippen LogP contribution in [0.2, 0.25) is 0 Å². The van der Waals surface area contributed by atoms with Gasteiger partial charge in [0.15, 0.2) is 11.5 Å². The molecule has 0 aliphatic carbocycles. The van der Waals surface area contributed by atoms with Gasteiger partial charge in [-0.15, -0.1) is 11.3 Å². The van der Waals surface area contributed by atoms with Crippen LogP contribution in [0.3, 0.4) is 0 Å². The Kier molecular flexibility index (Phi) is 3.55. The molecule has 2 aromatic heterocycles. The Morgan fingerprint density at radius 2 is 1.67 bits per heavy atom. The highest BCUT2D eigenvalue weighted by Crippen LogP contribution is 2.36. The number of rotatable bonds is 3. The fourth-order valence-corrected chi connectivity index (χ4v) is 3.31. The molecule has 0 aliphatic heterocycles. The van der Waals surface area contributed by atoms with Gasteiger partial charge in [0.25, 0.3) is 0 Å². The van der Waals surface area contributed by atoms with Crippen molar-refractivity contribution >= 4 is 11.3 Å². The molecule has 24 heavy (non-hydrogen) atoms. The number of thiophene rings is 1. The third-order valence-electron chi connectivity index (χ3n) is 3.77. The first-order valence-electron chi connectivity index (χ1n) is 7.44. The average Bonchev–Trinajstić information content (AvgIpc) is 3.27. The van der Waals surface area contributed by atoms with Gasteiger partial charge in [-0.2, -0.15) is 0 Å². The van der Waals surface area contributed by atoms with E-state index in [4.69, 9.17) is 4.98 Å². The van der Waals surface area contributed by atoms with Crippen LogP contribution in [0.15, 0.2) is 66.0 Å². The summed E-state index contributed by atoms with van der Waals surface area (Å²) in [5.74, 6) is 0.336. The number of aromatic hydroxyl groups is 2. The van der Waals surface area contributed by atoms with Gasteiger partial charge in [0.1, 0.15) is 5.82 Å². The Morgan fingerprint density at radius 3 is 2.38 bits per heavy atom. The second kappa shape index (κ2) is 5.86. The molecule has 0 saturated heterocycles. The Labute approximate surface area is 142 Å². The van der Waals surface area contributed by atoms with Crippen LogP contribution in [-0.4, -0.2) is 20.2 Å². The molecule has 0 atom stereocenters. The molecule has 0 saturated carbocycles. The van der Waals surface area contributed by atoms with Gasteiger partial charge in [-0.1, -0.05) is 36.4 Å². The van der Waals surface area contributed by atoms with Crippen LogP contribution in [0.25, 0.3) is 33.2 Å². The molecule has 5 heteroatoms.